The molecule has 1 fully saturated rings. The molecule has 1 atom stereocenters. The number of primary sulfonamides is 1. The number of hydrogen-bond acceptors (Lipinski definition) is 6. The summed E-state index contributed by atoms with van der Waals surface area (Å²) in [4.78, 5) is 16.4. The number of carbonyl (C=O) groups is 1. The van der Waals surface area contributed by atoms with E-state index in [4.69, 9.17) is 14.6 Å². The van der Waals surface area contributed by atoms with Crippen LogP contribution in [0.1, 0.15) is 16.8 Å². The van der Waals surface area contributed by atoms with Gasteiger partial charge in [-0.05, 0) is 30.3 Å². The SMILES string of the molecule is NS(=O)(=O)c1ccc(NC(=O)c2ccnc(O[C@@H]3CCOC3)c2)cc1. The molecular formula is C16H17N3O5S. The van der Waals surface area contributed by atoms with Gasteiger partial charge in [0.2, 0.25) is 15.9 Å². The number of aromatic nitrogens is 1. The number of nitrogens with one attached hydrogen (secondary N) is 1. The number of rotatable bonds is 5. The molecule has 132 valence electrons. The van der Waals surface area contributed by atoms with Crippen molar-refractivity contribution in [1.29, 1.82) is 0 Å². The first-order chi connectivity index (χ1) is 11.9. The maximum absolute atomic E-state index is 12.3. The van der Waals surface area contributed by atoms with Crippen molar-refractivity contribution in [2.75, 3.05) is 18.5 Å². The highest BCUT2D eigenvalue weighted by molar-refractivity contribution is 7.89. The van der Waals surface area contributed by atoms with E-state index in [9.17, 15) is 13.2 Å². The number of hydrogen-bond donors (Lipinski definition) is 2. The van der Waals surface area contributed by atoms with Crippen LogP contribution >= 0.6 is 0 Å². The van der Waals surface area contributed by atoms with Crippen molar-refractivity contribution in [3.8, 4) is 5.88 Å². The van der Waals surface area contributed by atoms with Gasteiger partial charge in [-0.1, -0.05) is 0 Å². The fourth-order valence-corrected chi connectivity index (χ4v) is 2.84. The summed E-state index contributed by atoms with van der Waals surface area (Å²) in [6.45, 7) is 1.16. The van der Waals surface area contributed by atoms with Gasteiger partial charge in [0, 0.05) is 29.9 Å². The molecular weight excluding hydrogens is 346 g/mol. The van der Waals surface area contributed by atoms with Crippen molar-refractivity contribution in [3.05, 3.63) is 48.2 Å². The molecule has 0 bridgehead atoms. The molecule has 0 saturated carbocycles. The Bertz CT molecular complexity index is 862. The Kier molecular flexibility index (Phi) is 4.98. The number of nitrogens with zero attached hydrogens (tertiary/aromatic N) is 1. The van der Waals surface area contributed by atoms with E-state index in [2.05, 4.69) is 10.3 Å². The average Bonchev–Trinajstić information content (AvgIpc) is 3.08. The van der Waals surface area contributed by atoms with Gasteiger partial charge < -0.3 is 14.8 Å². The lowest BCUT2D eigenvalue weighted by molar-refractivity contribution is 0.102. The molecule has 0 spiro atoms. The van der Waals surface area contributed by atoms with Gasteiger partial charge in [-0.25, -0.2) is 18.5 Å². The van der Waals surface area contributed by atoms with Crippen LogP contribution in [0, 0.1) is 0 Å². The molecule has 0 unspecified atom stereocenters. The van der Waals surface area contributed by atoms with Crippen molar-refractivity contribution < 1.29 is 22.7 Å². The third kappa shape index (κ3) is 4.53. The molecule has 25 heavy (non-hydrogen) atoms. The quantitative estimate of drug-likeness (QED) is 0.822. The number of anilines is 1. The first-order valence-corrected chi connectivity index (χ1v) is 9.11. The second-order valence-corrected chi connectivity index (χ2v) is 7.07. The topological polar surface area (TPSA) is 121 Å². The lowest BCUT2D eigenvalue weighted by atomic mass is 10.2. The van der Waals surface area contributed by atoms with Crippen LogP contribution in [0.15, 0.2) is 47.5 Å². The Morgan fingerprint density at radius 2 is 2.04 bits per heavy atom. The monoisotopic (exact) mass is 363 g/mol. The maximum Gasteiger partial charge on any atom is 0.255 e. The third-order valence-electron chi connectivity index (χ3n) is 3.61. The summed E-state index contributed by atoms with van der Waals surface area (Å²) < 4.78 is 33.4. The highest BCUT2D eigenvalue weighted by Gasteiger charge is 2.18. The zero-order valence-corrected chi connectivity index (χ0v) is 14.0. The fraction of sp³-hybridized carbons (Fsp3) is 0.250. The Morgan fingerprint density at radius 1 is 1.28 bits per heavy atom. The van der Waals surface area contributed by atoms with Gasteiger partial charge in [0.25, 0.3) is 5.91 Å². The number of amides is 1. The van der Waals surface area contributed by atoms with Gasteiger partial charge in [0.15, 0.2) is 0 Å². The van der Waals surface area contributed by atoms with E-state index in [1.165, 1.54) is 30.5 Å². The summed E-state index contributed by atoms with van der Waals surface area (Å²) >= 11 is 0. The molecule has 1 aromatic carbocycles. The largest absolute Gasteiger partial charge is 0.472 e. The highest BCUT2D eigenvalue weighted by atomic mass is 32.2. The van der Waals surface area contributed by atoms with Crippen LogP contribution in [0.4, 0.5) is 5.69 Å². The van der Waals surface area contributed by atoms with Gasteiger partial charge >= 0.3 is 0 Å². The standard InChI is InChI=1S/C16H17N3O5S/c17-25(21,22)14-3-1-12(2-4-14)19-16(20)11-5-7-18-15(9-11)24-13-6-8-23-10-13/h1-5,7,9,13H,6,8,10H2,(H,19,20)(H2,17,21,22)/t13-/m1/s1. The van der Waals surface area contributed by atoms with E-state index >= 15 is 0 Å². The summed E-state index contributed by atoms with van der Waals surface area (Å²) in [5.41, 5.74) is 0.820. The molecule has 8 nitrogen and oxygen atoms in total. The van der Waals surface area contributed by atoms with Gasteiger partial charge in [-0.2, -0.15) is 0 Å². The minimum Gasteiger partial charge on any atom is -0.472 e. The van der Waals surface area contributed by atoms with Crippen molar-refractivity contribution in [3.63, 3.8) is 0 Å². The summed E-state index contributed by atoms with van der Waals surface area (Å²) in [6, 6.07) is 8.69. The molecule has 1 aliphatic rings. The van der Waals surface area contributed by atoms with Gasteiger partial charge in [0.05, 0.1) is 18.1 Å². The minimum atomic E-state index is -3.77. The molecule has 2 heterocycles. The lowest BCUT2D eigenvalue weighted by Crippen LogP contribution is -2.17. The zero-order chi connectivity index (χ0) is 17.9. The number of ether oxygens (including phenoxy) is 2. The van der Waals surface area contributed by atoms with Gasteiger partial charge in [-0.15, -0.1) is 0 Å². The maximum atomic E-state index is 12.3. The zero-order valence-electron chi connectivity index (χ0n) is 13.2. The molecule has 1 amide bonds. The number of pyridine rings is 1. The first kappa shape index (κ1) is 17.3. The fourth-order valence-electron chi connectivity index (χ4n) is 2.32. The van der Waals surface area contributed by atoms with Crippen LogP contribution in [0.25, 0.3) is 0 Å². The number of carbonyl (C=O) groups excluding carboxylic acids is 1. The van der Waals surface area contributed by atoms with Crippen molar-refractivity contribution in [2.45, 2.75) is 17.4 Å². The van der Waals surface area contributed by atoms with E-state index < -0.39 is 10.0 Å². The smallest absolute Gasteiger partial charge is 0.255 e. The van der Waals surface area contributed by atoms with Gasteiger partial charge in [-0.3, -0.25) is 4.79 Å². The van der Waals surface area contributed by atoms with E-state index in [0.717, 1.165) is 6.42 Å². The Hall–Kier alpha value is -2.49. The number of benzene rings is 1. The Balaban J connectivity index is 1.68. The third-order valence-corrected chi connectivity index (χ3v) is 4.54. The van der Waals surface area contributed by atoms with E-state index in [1.807, 2.05) is 0 Å². The number of nitrogens with two attached hydrogens (primary N) is 1. The predicted molar refractivity (Wildman–Crippen MR) is 89.9 cm³/mol. The van der Waals surface area contributed by atoms with Crippen LogP contribution in [-0.2, 0) is 14.8 Å². The second-order valence-electron chi connectivity index (χ2n) is 5.51. The molecule has 3 N–H and O–H groups in total. The Morgan fingerprint density at radius 3 is 2.68 bits per heavy atom. The van der Waals surface area contributed by atoms with E-state index in [0.29, 0.717) is 30.3 Å². The predicted octanol–water partition coefficient (Wildman–Crippen LogP) is 1.15. The van der Waals surface area contributed by atoms with E-state index in [-0.39, 0.29) is 16.9 Å². The van der Waals surface area contributed by atoms with Crippen LogP contribution in [0.2, 0.25) is 0 Å². The molecule has 1 saturated heterocycles. The summed E-state index contributed by atoms with van der Waals surface area (Å²) in [6.07, 6.45) is 2.22. The molecule has 0 aliphatic carbocycles. The molecule has 9 heteroatoms. The van der Waals surface area contributed by atoms with Crippen molar-refractivity contribution in [1.82, 2.24) is 4.98 Å². The van der Waals surface area contributed by atoms with Crippen LogP contribution in [0.3, 0.4) is 0 Å². The van der Waals surface area contributed by atoms with Crippen LogP contribution < -0.4 is 15.2 Å². The summed E-state index contributed by atoms with van der Waals surface area (Å²) in [5.74, 6) is -0.00833. The minimum absolute atomic E-state index is 0.0242. The summed E-state index contributed by atoms with van der Waals surface area (Å²) in [7, 11) is -3.77. The van der Waals surface area contributed by atoms with Gasteiger partial charge in [0.1, 0.15) is 6.10 Å². The normalized spacial score (nSPS) is 17.2. The molecule has 0 radical (unpaired) electrons. The molecule has 2 aromatic rings. The second kappa shape index (κ2) is 7.18. The molecule has 1 aromatic heterocycles. The Labute approximate surface area is 145 Å². The van der Waals surface area contributed by atoms with Crippen molar-refractivity contribution >= 4 is 21.6 Å². The van der Waals surface area contributed by atoms with E-state index in [1.54, 1.807) is 12.1 Å². The van der Waals surface area contributed by atoms with Crippen molar-refractivity contribution in [2.24, 2.45) is 5.14 Å². The highest BCUT2D eigenvalue weighted by Crippen LogP contribution is 2.18. The number of sulfonamides is 1. The molecule has 1 aliphatic heterocycles. The van der Waals surface area contributed by atoms with Crippen LogP contribution in [-0.4, -0.2) is 38.6 Å². The lowest BCUT2D eigenvalue weighted by Gasteiger charge is -2.11. The molecule has 3 rings (SSSR count). The van der Waals surface area contributed by atoms with Crippen LogP contribution in [0.5, 0.6) is 5.88 Å². The average molecular weight is 363 g/mol. The summed E-state index contributed by atoms with van der Waals surface area (Å²) in [5, 5.41) is 7.71. The first-order valence-electron chi connectivity index (χ1n) is 7.56.